The Hall–Kier alpha value is -1.09. The third kappa shape index (κ3) is 2.03. The average molecular weight is 330 g/mol. The van der Waals surface area contributed by atoms with Crippen LogP contribution < -0.4 is 0 Å². The Morgan fingerprint density at radius 1 is 1.21 bits per heavy atom. The van der Waals surface area contributed by atoms with E-state index in [2.05, 4.69) is 26.8 Å². The van der Waals surface area contributed by atoms with Crippen LogP contribution in [0.4, 0.5) is 0 Å². The van der Waals surface area contributed by atoms with Crippen molar-refractivity contribution in [3.8, 4) is 0 Å². The predicted molar refractivity (Wildman–Crippen MR) is 92.9 cm³/mol. The molecule has 0 aromatic heterocycles. The summed E-state index contributed by atoms with van der Waals surface area (Å²) in [6.07, 6.45) is 7.73. The summed E-state index contributed by atoms with van der Waals surface area (Å²) in [6, 6.07) is 0. The zero-order valence-electron chi connectivity index (χ0n) is 15.4. The lowest BCUT2D eigenvalue weighted by Crippen LogP contribution is -2.50. The van der Waals surface area contributed by atoms with E-state index in [1.807, 2.05) is 0 Å². The zero-order valence-corrected chi connectivity index (χ0v) is 15.4. The number of allylic oxidation sites excluding steroid dienone is 4. The molecule has 0 radical (unpaired) electrons. The molecule has 4 aliphatic rings. The van der Waals surface area contributed by atoms with Crippen molar-refractivity contribution >= 4 is 5.78 Å². The summed E-state index contributed by atoms with van der Waals surface area (Å²) in [5.74, 6) is 3.13. The summed E-state index contributed by atoms with van der Waals surface area (Å²) in [6.45, 7) is 8.59. The maximum Gasteiger partial charge on any atom is 0.196 e. The SMILES string of the molecule is CC(=O)C1=C(C)CC2C3CC=C4OC(O)CCC4(C)C3CCC12C. The summed E-state index contributed by atoms with van der Waals surface area (Å²) in [5.41, 5.74) is 2.58. The summed E-state index contributed by atoms with van der Waals surface area (Å²) in [4.78, 5) is 12.3. The van der Waals surface area contributed by atoms with Crippen molar-refractivity contribution in [1.29, 1.82) is 0 Å². The van der Waals surface area contributed by atoms with E-state index >= 15 is 0 Å². The third-order valence-corrected chi connectivity index (χ3v) is 7.83. The van der Waals surface area contributed by atoms with Gasteiger partial charge in [-0.25, -0.2) is 0 Å². The molecule has 0 spiro atoms. The molecule has 132 valence electrons. The molecule has 1 N–H and O–H groups in total. The van der Waals surface area contributed by atoms with Crippen LogP contribution in [0.15, 0.2) is 23.0 Å². The van der Waals surface area contributed by atoms with Gasteiger partial charge < -0.3 is 9.84 Å². The van der Waals surface area contributed by atoms with Crippen molar-refractivity contribution < 1.29 is 14.6 Å². The van der Waals surface area contributed by atoms with Crippen molar-refractivity contribution in [2.45, 2.75) is 72.5 Å². The van der Waals surface area contributed by atoms with Gasteiger partial charge in [-0.05, 0) is 80.8 Å². The molecular weight excluding hydrogens is 300 g/mol. The number of fused-ring (bicyclic) bond motifs is 5. The highest BCUT2D eigenvalue weighted by molar-refractivity contribution is 5.96. The number of hydrogen-bond acceptors (Lipinski definition) is 3. The van der Waals surface area contributed by atoms with Crippen LogP contribution in [0.3, 0.4) is 0 Å². The van der Waals surface area contributed by atoms with Crippen LogP contribution in [0.5, 0.6) is 0 Å². The van der Waals surface area contributed by atoms with Gasteiger partial charge in [0, 0.05) is 11.8 Å². The molecule has 0 aromatic carbocycles. The van der Waals surface area contributed by atoms with Gasteiger partial charge >= 0.3 is 0 Å². The summed E-state index contributed by atoms with van der Waals surface area (Å²) in [7, 11) is 0. The standard InChI is InChI=1S/C21H30O3/c1-12-11-16-14-5-6-17-20(3,10-8-18(23)24-17)15(14)7-9-21(16,4)19(12)13(2)22/h6,14-16,18,23H,5,7-11H2,1-4H3. The third-order valence-electron chi connectivity index (χ3n) is 7.83. The molecule has 0 amide bonds. The van der Waals surface area contributed by atoms with Crippen LogP contribution in [-0.4, -0.2) is 17.2 Å². The monoisotopic (exact) mass is 330 g/mol. The molecule has 6 atom stereocenters. The molecular formula is C21H30O3. The van der Waals surface area contributed by atoms with Crippen molar-refractivity contribution in [3.05, 3.63) is 23.0 Å². The van der Waals surface area contributed by atoms with Gasteiger partial charge in [0.05, 0.1) is 0 Å². The topological polar surface area (TPSA) is 46.5 Å². The highest BCUT2D eigenvalue weighted by Crippen LogP contribution is 2.65. The number of aliphatic hydroxyl groups is 1. The number of carbonyl (C=O) groups excluding carboxylic acids is 1. The van der Waals surface area contributed by atoms with Crippen LogP contribution in [0.25, 0.3) is 0 Å². The van der Waals surface area contributed by atoms with Gasteiger partial charge in [-0.15, -0.1) is 0 Å². The quantitative estimate of drug-likeness (QED) is 0.776. The Balaban J connectivity index is 1.70. The van der Waals surface area contributed by atoms with E-state index in [-0.39, 0.29) is 16.6 Å². The van der Waals surface area contributed by atoms with Gasteiger partial charge in [0.2, 0.25) is 0 Å². The van der Waals surface area contributed by atoms with Crippen LogP contribution in [-0.2, 0) is 9.53 Å². The number of hydrogen-bond donors (Lipinski definition) is 1. The van der Waals surface area contributed by atoms with Gasteiger partial charge in [0.1, 0.15) is 5.76 Å². The lowest BCUT2D eigenvalue weighted by Gasteiger charge is -2.56. The van der Waals surface area contributed by atoms with Gasteiger partial charge in [0.25, 0.3) is 0 Å². The molecule has 3 heteroatoms. The van der Waals surface area contributed by atoms with Crippen LogP contribution in [0.2, 0.25) is 0 Å². The number of aliphatic hydroxyl groups excluding tert-OH is 1. The largest absolute Gasteiger partial charge is 0.469 e. The summed E-state index contributed by atoms with van der Waals surface area (Å²) < 4.78 is 5.81. The minimum absolute atomic E-state index is 0.0633. The van der Waals surface area contributed by atoms with E-state index in [1.165, 1.54) is 5.57 Å². The Bertz CT molecular complexity index is 645. The minimum atomic E-state index is -0.630. The van der Waals surface area contributed by atoms with Crippen molar-refractivity contribution in [3.63, 3.8) is 0 Å². The van der Waals surface area contributed by atoms with Crippen LogP contribution in [0, 0.1) is 28.6 Å². The number of rotatable bonds is 1. The normalized spacial score (nSPS) is 47.3. The fourth-order valence-corrected chi connectivity index (χ4v) is 6.82. The first kappa shape index (κ1) is 16.4. The first-order valence-corrected chi connectivity index (χ1v) is 9.54. The van der Waals surface area contributed by atoms with Crippen LogP contribution in [0.1, 0.15) is 66.2 Å². The lowest BCUT2D eigenvalue weighted by atomic mass is 9.49. The highest BCUT2D eigenvalue weighted by Gasteiger charge is 2.58. The van der Waals surface area contributed by atoms with E-state index in [0.29, 0.717) is 17.8 Å². The Morgan fingerprint density at radius 2 is 1.92 bits per heavy atom. The maximum atomic E-state index is 12.3. The van der Waals surface area contributed by atoms with Gasteiger partial charge in [-0.1, -0.05) is 19.4 Å². The molecule has 1 heterocycles. The average Bonchev–Trinajstić information content (AvgIpc) is 2.78. The maximum absolute atomic E-state index is 12.3. The first-order chi connectivity index (χ1) is 11.3. The number of ketones is 1. The molecule has 6 unspecified atom stereocenters. The van der Waals surface area contributed by atoms with E-state index in [1.54, 1.807) is 6.92 Å². The van der Waals surface area contributed by atoms with Crippen molar-refractivity contribution in [2.75, 3.05) is 0 Å². The molecule has 0 bridgehead atoms. The van der Waals surface area contributed by atoms with E-state index in [9.17, 15) is 9.90 Å². The van der Waals surface area contributed by atoms with E-state index in [4.69, 9.17) is 4.74 Å². The molecule has 0 aromatic rings. The molecule has 24 heavy (non-hydrogen) atoms. The Kier molecular flexibility index (Phi) is 3.55. The van der Waals surface area contributed by atoms with Crippen molar-refractivity contribution in [1.82, 2.24) is 0 Å². The molecule has 3 nitrogen and oxygen atoms in total. The summed E-state index contributed by atoms with van der Waals surface area (Å²) >= 11 is 0. The van der Waals surface area contributed by atoms with Gasteiger partial charge in [-0.2, -0.15) is 0 Å². The predicted octanol–water partition coefficient (Wildman–Crippen LogP) is 4.37. The Morgan fingerprint density at radius 3 is 2.62 bits per heavy atom. The Labute approximate surface area is 145 Å². The van der Waals surface area contributed by atoms with Gasteiger partial charge in [0.15, 0.2) is 12.1 Å². The summed E-state index contributed by atoms with van der Waals surface area (Å²) in [5, 5.41) is 9.87. The molecule has 3 aliphatic carbocycles. The fourth-order valence-electron chi connectivity index (χ4n) is 6.82. The molecule has 1 saturated carbocycles. The molecule has 4 rings (SSSR count). The molecule has 2 fully saturated rings. The zero-order chi connectivity index (χ0) is 17.3. The van der Waals surface area contributed by atoms with Gasteiger partial charge in [-0.3, -0.25) is 4.79 Å². The molecule has 1 saturated heterocycles. The number of carbonyl (C=O) groups is 1. The lowest BCUT2D eigenvalue weighted by molar-refractivity contribution is -0.151. The van der Waals surface area contributed by atoms with E-state index < -0.39 is 6.29 Å². The first-order valence-electron chi connectivity index (χ1n) is 9.54. The number of ether oxygens (including phenoxy) is 1. The minimum Gasteiger partial charge on any atom is -0.469 e. The second-order valence-electron chi connectivity index (χ2n) is 9.08. The van der Waals surface area contributed by atoms with Crippen molar-refractivity contribution in [2.24, 2.45) is 28.6 Å². The second-order valence-corrected chi connectivity index (χ2v) is 9.08. The highest BCUT2D eigenvalue weighted by atomic mass is 16.6. The smallest absolute Gasteiger partial charge is 0.196 e. The second kappa shape index (κ2) is 5.20. The fraction of sp³-hybridized carbons (Fsp3) is 0.762. The number of Topliss-reactive ketones (excluding diaryl/α,β-unsaturated/α-hetero) is 1. The van der Waals surface area contributed by atoms with E-state index in [0.717, 1.165) is 49.9 Å². The van der Waals surface area contributed by atoms with Crippen LogP contribution >= 0.6 is 0 Å². The molecule has 1 aliphatic heterocycles.